The van der Waals surface area contributed by atoms with E-state index in [0.29, 0.717) is 26.2 Å². The fourth-order valence-electron chi connectivity index (χ4n) is 3.25. The Hall–Kier alpha value is -3.37. The third kappa shape index (κ3) is 4.06. The van der Waals surface area contributed by atoms with Crippen LogP contribution in [-0.4, -0.2) is 33.4 Å². The number of methoxy groups -OCH3 is 1. The summed E-state index contributed by atoms with van der Waals surface area (Å²) in [5.41, 5.74) is 1.05. The number of fused-ring (bicyclic) bond motifs is 1. The van der Waals surface area contributed by atoms with Gasteiger partial charge in [-0.15, -0.1) is 11.3 Å². The monoisotopic (exact) mass is 468 g/mol. The minimum atomic E-state index is -0.625. The van der Waals surface area contributed by atoms with Gasteiger partial charge in [0.05, 0.1) is 18.5 Å². The van der Waals surface area contributed by atoms with Crippen LogP contribution in [0.4, 0.5) is 5.69 Å². The number of thiazole rings is 1. The molecule has 2 aromatic carbocycles. The minimum Gasteiger partial charge on any atom is -0.495 e. The lowest BCUT2D eigenvalue weighted by Gasteiger charge is -2.13. The zero-order chi connectivity index (χ0) is 22.8. The molecule has 0 atom stereocenters. The summed E-state index contributed by atoms with van der Waals surface area (Å²) in [6.07, 6.45) is 1.84. The summed E-state index contributed by atoms with van der Waals surface area (Å²) >= 11 is 2.58. The van der Waals surface area contributed by atoms with Gasteiger partial charge in [0.25, 0.3) is 5.56 Å². The second kappa shape index (κ2) is 9.01. The van der Waals surface area contributed by atoms with Gasteiger partial charge >= 0.3 is 5.69 Å². The topological polar surface area (TPSA) is 95.2 Å². The Balaban J connectivity index is 1.83. The fourth-order valence-corrected chi connectivity index (χ4v) is 4.74. The van der Waals surface area contributed by atoms with Gasteiger partial charge in [-0.25, -0.2) is 14.3 Å². The van der Waals surface area contributed by atoms with Crippen molar-refractivity contribution in [3.8, 4) is 11.4 Å². The molecule has 0 aliphatic heterocycles. The Morgan fingerprint density at radius 2 is 1.88 bits per heavy atom. The molecule has 0 saturated heterocycles. The van der Waals surface area contributed by atoms with Gasteiger partial charge in [0.15, 0.2) is 9.99 Å². The molecular formula is C22H20N4O4S2. The van der Waals surface area contributed by atoms with Crippen molar-refractivity contribution < 1.29 is 9.53 Å². The van der Waals surface area contributed by atoms with Crippen molar-refractivity contribution in [3.05, 3.63) is 74.9 Å². The van der Waals surface area contributed by atoms with Crippen LogP contribution in [0.15, 0.2) is 62.5 Å². The van der Waals surface area contributed by atoms with Crippen LogP contribution in [0.1, 0.15) is 5.56 Å². The number of amides is 1. The van der Waals surface area contributed by atoms with Crippen molar-refractivity contribution in [2.24, 2.45) is 0 Å². The standard InChI is InChI=1S/C22H20N4O4S2/c1-13-8-10-14(11-9-13)26-20(28)18-19(24-21(31-3)32-18)25(22(26)29)12-17(27)23-15-6-4-5-7-16(15)30-2/h4-11H,12H2,1-3H3,(H,23,27). The summed E-state index contributed by atoms with van der Waals surface area (Å²) in [6, 6.07) is 14.1. The van der Waals surface area contributed by atoms with Gasteiger partial charge in [0.2, 0.25) is 5.91 Å². The summed E-state index contributed by atoms with van der Waals surface area (Å²) in [7, 11) is 1.51. The van der Waals surface area contributed by atoms with Crippen LogP contribution in [0.5, 0.6) is 5.75 Å². The quantitative estimate of drug-likeness (QED) is 0.437. The third-order valence-electron chi connectivity index (χ3n) is 4.81. The number of benzene rings is 2. The summed E-state index contributed by atoms with van der Waals surface area (Å²) in [5, 5.41) is 2.76. The van der Waals surface area contributed by atoms with Crippen LogP contribution >= 0.6 is 23.1 Å². The lowest BCUT2D eigenvalue weighted by atomic mass is 10.2. The highest BCUT2D eigenvalue weighted by molar-refractivity contribution is 8.00. The molecule has 1 amide bonds. The molecule has 0 aliphatic carbocycles. The second-order valence-corrected chi connectivity index (χ2v) is 8.98. The van der Waals surface area contributed by atoms with Crippen LogP contribution in [-0.2, 0) is 11.3 Å². The van der Waals surface area contributed by atoms with Gasteiger partial charge < -0.3 is 10.1 Å². The summed E-state index contributed by atoms with van der Waals surface area (Å²) in [5.74, 6) is 0.0620. The maximum absolute atomic E-state index is 13.4. The van der Waals surface area contributed by atoms with Crippen molar-refractivity contribution in [2.45, 2.75) is 17.8 Å². The van der Waals surface area contributed by atoms with Gasteiger partial charge in [0, 0.05) is 0 Å². The largest absolute Gasteiger partial charge is 0.495 e. The van der Waals surface area contributed by atoms with E-state index in [1.54, 1.807) is 36.4 Å². The number of nitrogens with zero attached hydrogens (tertiary/aromatic N) is 3. The number of ether oxygens (including phenoxy) is 1. The van der Waals surface area contributed by atoms with E-state index in [9.17, 15) is 14.4 Å². The highest BCUT2D eigenvalue weighted by atomic mass is 32.2. The molecule has 0 radical (unpaired) electrons. The number of rotatable bonds is 6. The average molecular weight is 469 g/mol. The average Bonchev–Trinajstić information content (AvgIpc) is 3.23. The van der Waals surface area contributed by atoms with Gasteiger partial charge in [-0.1, -0.05) is 41.6 Å². The number of anilines is 1. The Morgan fingerprint density at radius 1 is 1.16 bits per heavy atom. The smallest absolute Gasteiger partial charge is 0.337 e. The molecule has 0 spiro atoms. The maximum Gasteiger partial charge on any atom is 0.337 e. The molecular weight excluding hydrogens is 448 g/mol. The van der Waals surface area contributed by atoms with Gasteiger partial charge in [0.1, 0.15) is 17.0 Å². The SMILES string of the molecule is COc1ccccc1NC(=O)Cn1c(=O)n(-c2ccc(C)cc2)c(=O)c2sc(SC)nc21. The summed E-state index contributed by atoms with van der Waals surface area (Å²) in [4.78, 5) is 43.8. The van der Waals surface area contributed by atoms with Crippen molar-refractivity contribution in [1.82, 2.24) is 14.1 Å². The first kappa shape index (κ1) is 21.8. The van der Waals surface area contributed by atoms with E-state index in [-0.39, 0.29) is 12.2 Å². The van der Waals surface area contributed by atoms with Crippen LogP contribution in [0.3, 0.4) is 0 Å². The van der Waals surface area contributed by atoms with Gasteiger partial charge in [-0.2, -0.15) is 0 Å². The van der Waals surface area contributed by atoms with E-state index in [4.69, 9.17) is 4.74 Å². The van der Waals surface area contributed by atoms with E-state index in [2.05, 4.69) is 10.3 Å². The molecule has 0 fully saturated rings. The first-order chi connectivity index (χ1) is 15.4. The molecule has 0 bridgehead atoms. The highest BCUT2D eigenvalue weighted by Crippen LogP contribution is 2.26. The predicted molar refractivity (Wildman–Crippen MR) is 128 cm³/mol. The molecule has 8 nitrogen and oxygen atoms in total. The molecule has 4 rings (SSSR count). The number of nitrogens with one attached hydrogen (secondary N) is 1. The highest BCUT2D eigenvalue weighted by Gasteiger charge is 2.21. The normalized spacial score (nSPS) is 11.0. The summed E-state index contributed by atoms with van der Waals surface area (Å²) in [6.45, 7) is 1.61. The zero-order valence-electron chi connectivity index (χ0n) is 17.6. The van der Waals surface area contributed by atoms with Crippen LogP contribution in [0.2, 0.25) is 0 Å². The third-order valence-corrected chi connectivity index (χ3v) is 6.83. The molecule has 0 unspecified atom stereocenters. The Morgan fingerprint density at radius 3 is 2.56 bits per heavy atom. The molecule has 0 aliphatic rings. The van der Waals surface area contributed by atoms with Crippen molar-refractivity contribution in [1.29, 1.82) is 0 Å². The second-order valence-electron chi connectivity index (χ2n) is 6.93. The molecule has 4 aromatic rings. The van der Waals surface area contributed by atoms with E-state index >= 15 is 0 Å². The molecule has 2 heterocycles. The van der Waals surface area contributed by atoms with E-state index in [1.165, 1.54) is 34.8 Å². The molecule has 1 N–H and O–H groups in total. The molecule has 0 saturated carbocycles. The number of carbonyl (C=O) groups is 1. The first-order valence-corrected chi connectivity index (χ1v) is 11.7. The zero-order valence-corrected chi connectivity index (χ0v) is 19.3. The first-order valence-electron chi connectivity index (χ1n) is 9.63. The molecule has 2 aromatic heterocycles. The number of hydrogen-bond donors (Lipinski definition) is 1. The van der Waals surface area contributed by atoms with E-state index in [0.717, 1.165) is 10.1 Å². The van der Waals surface area contributed by atoms with E-state index < -0.39 is 17.2 Å². The lowest BCUT2D eigenvalue weighted by molar-refractivity contribution is -0.116. The Kier molecular flexibility index (Phi) is 6.15. The summed E-state index contributed by atoms with van der Waals surface area (Å²) < 4.78 is 8.54. The molecule has 10 heteroatoms. The molecule has 164 valence electrons. The van der Waals surface area contributed by atoms with Crippen LogP contribution < -0.4 is 21.3 Å². The van der Waals surface area contributed by atoms with Gasteiger partial charge in [-0.05, 0) is 37.4 Å². The number of thioether (sulfide) groups is 1. The Labute approximate surface area is 191 Å². The van der Waals surface area contributed by atoms with Crippen LogP contribution in [0, 0.1) is 6.92 Å². The Bertz CT molecular complexity index is 1420. The van der Waals surface area contributed by atoms with Crippen molar-refractivity contribution in [3.63, 3.8) is 0 Å². The lowest BCUT2D eigenvalue weighted by Crippen LogP contribution is -2.40. The van der Waals surface area contributed by atoms with Crippen LogP contribution in [0.25, 0.3) is 16.0 Å². The van der Waals surface area contributed by atoms with Gasteiger partial charge in [-0.3, -0.25) is 14.2 Å². The number of aromatic nitrogens is 3. The number of para-hydroxylation sites is 2. The van der Waals surface area contributed by atoms with Crippen molar-refractivity contribution in [2.75, 3.05) is 18.7 Å². The van der Waals surface area contributed by atoms with E-state index in [1.807, 2.05) is 25.3 Å². The minimum absolute atomic E-state index is 0.202. The fraction of sp³-hybridized carbons (Fsp3) is 0.182. The number of aryl methyl sites for hydroxylation is 1. The van der Waals surface area contributed by atoms with Crippen molar-refractivity contribution >= 4 is 45.0 Å². The maximum atomic E-state index is 13.4. The predicted octanol–water partition coefficient (Wildman–Crippen LogP) is 3.29. The number of hydrogen-bond acceptors (Lipinski definition) is 7. The number of carbonyl (C=O) groups excluding carboxylic acids is 1. The molecule has 32 heavy (non-hydrogen) atoms.